The summed E-state index contributed by atoms with van der Waals surface area (Å²) in [6.45, 7) is 7.21. The van der Waals surface area contributed by atoms with Gasteiger partial charge in [-0.3, -0.25) is 37.3 Å². The molecular formula is C74H140O17P2. The second-order valence-electron chi connectivity index (χ2n) is 26.5. The third-order valence-electron chi connectivity index (χ3n) is 16.7. The monoisotopic (exact) mass is 1360 g/mol. The minimum absolute atomic E-state index is 0.101. The Kier molecular flexibility index (Phi) is 65.0. The molecule has 0 fully saturated rings. The smallest absolute Gasteiger partial charge is 0.462 e. The first-order valence-electron chi connectivity index (χ1n) is 38.0. The van der Waals surface area contributed by atoms with E-state index in [0.717, 1.165) is 121 Å². The highest BCUT2D eigenvalue weighted by Gasteiger charge is 2.30. The standard InChI is InChI=1S/C74H140O17P2/c1-6-9-12-15-18-21-23-24-27-31-35-38-43-48-53-58-72(77)85-64-70(91-74(79)60-55-50-45-40-36-32-29-26-25-28-30-34-37-41-46-51-56-67(4)5)66-89-93(82,83)87-62-68(75)61-86-92(80,81)88-65-69(63-84-71(76)57-52-47-42-20-17-14-11-8-3)90-73(78)59-54-49-44-39-33-22-19-16-13-10-7-2/h21,23-24,27,67-70,75H,6-20,22,25-26,28-66H2,1-5H3,(H,80,81)(H,82,83)/b23-21-,27-24-/t68-,69+,70+/m0/s1. The topological polar surface area (TPSA) is 237 Å². The maximum atomic E-state index is 13.1. The summed E-state index contributed by atoms with van der Waals surface area (Å²) in [5.74, 6) is -1.34. The average molecular weight is 1360 g/mol. The molecule has 5 atom stereocenters. The lowest BCUT2D eigenvalue weighted by atomic mass is 10.0. The number of phosphoric acid groups is 2. The summed E-state index contributed by atoms with van der Waals surface area (Å²) in [7, 11) is -9.91. The van der Waals surface area contributed by atoms with Gasteiger partial charge in [-0.05, 0) is 57.3 Å². The van der Waals surface area contributed by atoms with Gasteiger partial charge in [-0.2, -0.15) is 0 Å². The van der Waals surface area contributed by atoms with Crippen LogP contribution in [0.15, 0.2) is 24.3 Å². The molecule has 0 radical (unpaired) electrons. The Hall–Kier alpha value is -2.46. The average Bonchev–Trinajstić information content (AvgIpc) is 3.33. The molecule has 17 nitrogen and oxygen atoms in total. The van der Waals surface area contributed by atoms with E-state index in [0.29, 0.717) is 25.7 Å². The van der Waals surface area contributed by atoms with Crippen molar-refractivity contribution in [1.82, 2.24) is 0 Å². The first kappa shape index (κ1) is 90.5. The van der Waals surface area contributed by atoms with Gasteiger partial charge in [0.25, 0.3) is 0 Å². The van der Waals surface area contributed by atoms with Gasteiger partial charge in [0.1, 0.15) is 19.3 Å². The van der Waals surface area contributed by atoms with Crippen LogP contribution < -0.4 is 0 Å². The van der Waals surface area contributed by atoms with Gasteiger partial charge in [-0.15, -0.1) is 0 Å². The summed E-state index contributed by atoms with van der Waals surface area (Å²) in [5.41, 5.74) is 0. The van der Waals surface area contributed by atoms with Gasteiger partial charge in [-0.25, -0.2) is 9.13 Å². The van der Waals surface area contributed by atoms with Crippen molar-refractivity contribution in [2.45, 2.75) is 380 Å². The van der Waals surface area contributed by atoms with Gasteiger partial charge in [0.15, 0.2) is 12.2 Å². The lowest BCUT2D eigenvalue weighted by Crippen LogP contribution is -2.30. The Balaban J connectivity index is 5.23. The van der Waals surface area contributed by atoms with Gasteiger partial charge < -0.3 is 33.8 Å². The zero-order valence-corrected chi connectivity index (χ0v) is 61.7. The molecule has 0 aliphatic rings. The summed E-state index contributed by atoms with van der Waals surface area (Å²) in [6.07, 6.45) is 57.7. The van der Waals surface area contributed by atoms with Crippen molar-refractivity contribution in [3.05, 3.63) is 24.3 Å². The molecule has 0 spiro atoms. The highest BCUT2D eigenvalue weighted by Crippen LogP contribution is 2.45. The number of carbonyl (C=O) groups is 4. The highest BCUT2D eigenvalue weighted by molar-refractivity contribution is 7.47. The zero-order chi connectivity index (χ0) is 68.4. The normalized spacial score (nSPS) is 14.2. The Morgan fingerprint density at radius 1 is 0.333 bits per heavy atom. The molecule has 0 amide bonds. The molecule has 0 rings (SSSR count). The number of aliphatic hydroxyl groups is 1. The number of allylic oxidation sites excluding steroid dienone is 4. The minimum atomic E-state index is -4.96. The predicted molar refractivity (Wildman–Crippen MR) is 377 cm³/mol. The molecule has 0 aromatic carbocycles. The number of carbonyl (C=O) groups excluding carboxylic acids is 4. The number of phosphoric ester groups is 2. The van der Waals surface area contributed by atoms with Crippen molar-refractivity contribution in [1.29, 1.82) is 0 Å². The van der Waals surface area contributed by atoms with Crippen LogP contribution in [0.3, 0.4) is 0 Å². The quantitative estimate of drug-likeness (QED) is 0.0169. The largest absolute Gasteiger partial charge is 0.472 e. The van der Waals surface area contributed by atoms with E-state index in [1.807, 2.05) is 0 Å². The predicted octanol–water partition coefficient (Wildman–Crippen LogP) is 21.2. The number of unbranched alkanes of at least 4 members (excludes halogenated alkanes) is 41. The molecule has 0 aromatic heterocycles. The molecule has 19 heteroatoms. The Labute approximate surface area is 567 Å². The number of ether oxygens (including phenoxy) is 4. The SMILES string of the molecule is CCCCCC/C=C\C=C/CCCCCCCC(=O)OC[C@H](COP(=O)(O)OC[C@@H](O)COP(=O)(O)OC[C@@H](COC(=O)CCCCCCCCCC)OC(=O)CCCCCCCCCCCCC)OC(=O)CCCCCCCCCCCCCCCCCCC(C)C. The summed E-state index contributed by atoms with van der Waals surface area (Å²) in [4.78, 5) is 72.6. The van der Waals surface area contributed by atoms with Crippen LogP contribution in [0.5, 0.6) is 0 Å². The molecule has 0 bridgehead atoms. The van der Waals surface area contributed by atoms with Crippen molar-refractivity contribution >= 4 is 39.5 Å². The Bertz CT molecular complexity index is 1880. The van der Waals surface area contributed by atoms with E-state index in [9.17, 15) is 43.2 Å². The van der Waals surface area contributed by atoms with Crippen molar-refractivity contribution in [2.24, 2.45) is 5.92 Å². The first-order valence-corrected chi connectivity index (χ1v) is 40.9. The first-order chi connectivity index (χ1) is 45.0. The van der Waals surface area contributed by atoms with E-state index in [1.165, 1.54) is 161 Å². The number of hydrogen-bond acceptors (Lipinski definition) is 15. The van der Waals surface area contributed by atoms with Crippen LogP contribution in [0, 0.1) is 5.92 Å². The van der Waals surface area contributed by atoms with Gasteiger partial charge in [0.2, 0.25) is 0 Å². The number of hydrogen-bond donors (Lipinski definition) is 3. The molecule has 548 valence electrons. The zero-order valence-electron chi connectivity index (χ0n) is 59.9. The van der Waals surface area contributed by atoms with Crippen LogP contribution in [0.25, 0.3) is 0 Å². The molecule has 0 aliphatic carbocycles. The van der Waals surface area contributed by atoms with Crippen molar-refractivity contribution in [2.75, 3.05) is 39.6 Å². The maximum absolute atomic E-state index is 13.1. The fourth-order valence-electron chi connectivity index (χ4n) is 10.8. The van der Waals surface area contributed by atoms with Gasteiger partial charge in [-0.1, -0.05) is 309 Å². The van der Waals surface area contributed by atoms with Gasteiger partial charge in [0, 0.05) is 25.7 Å². The van der Waals surface area contributed by atoms with Crippen LogP contribution >= 0.6 is 15.6 Å². The fraction of sp³-hybridized carbons (Fsp3) is 0.892. The third kappa shape index (κ3) is 67.9. The lowest BCUT2D eigenvalue weighted by molar-refractivity contribution is -0.161. The molecule has 0 saturated carbocycles. The van der Waals surface area contributed by atoms with Crippen LogP contribution in [-0.4, -0.2) is 96.7 Å². The van der Waals surface area contributed by atoms with Crippen LogP contribution in [0.2, 0.25) is 0 Å². The molecule has 2 unspecified atom stereocenters. The summed E-state index contributed by atoms with van der Waals surface area (Å²) in [5, 5.41) is 10.6. The molecule has 0 saturated heterocycles. The molecule has 93 heavy (non-hydrogen) atoms. The molecular weight excluding hydrogens is 1220 g/mol. The van der Waals surface area contributed by atoms with E-state index in [-0.39, 0.29) is 25.7 Å². The fourth-order valence-corrected chi connectivity index (χ4v) is 12.4. The number of esters is 4. The van der Waals surface area contributed by atoms with Crippen LogP contribution in [-0.2, 0) is 65.4 Å². The summed E-state index contributed by atoms with van der Waals surface area (Å²) in [6, 6.07) is 0. The third-order valence-corrected chi connectivity index (χ3v) is 18.6. The second kappa shape index (κ2) is 66.8. The van der Waals surface area contributed by atoms with E-state index in [4.69, 9.17) is 37.0 Å². The van der Waals surface area contributed by atoms with Gasteiger partial charge >= 0.3 is 39.5 Å². The van der Waals surface area contributed by atoms with Crippen LogP contribution in [0.4, 0.5) is 0 Å². The minimum Gasteiger partial charge on any atom is -0.462 e. The summed E-state index contributed by atoms with van der Waals surface area (Å²) < 4.78 is 68.3. The van der Waals surface area contributed by atoms with E-state index < -0.39 is 97.5 Å². The van der Waals surface area contributed by atoms with Crippen molar-refractivity contribution in [3.63, 3.8) is 0 Å². The molecule has 0 aliphatic heterocycles. The number of rotatable bonds is 72. The van der Waals surface area contributed by atoms with E-state index in [2.05, 4.69) is 58.9 Å². The Morgan fingerprint density at radius 2 is 0.581 bits per heavy atom. The molecule has 0 heterocycles. The van der Waals surface area contributed by atoms with E-state index in [1.54, 1.807) is 0 Å². The summed E-state index contributed by atoms with van der Waals surface area (Å²) >= 11 is 0. The van der Waals surface area contributed by atoms with E-state index >= 15 is 0 Å². The highest BCUT2D eigenvalue weighted by atomic mass is 31.2. The molecule has 3 N–H and O–H groups in total. The lowest BCUT2D eigenvalue weighted by Gasteiger charge is -2.21. The van der Waals surface area contributed by atoms with Gasteiger partial charge in [0.05, 0.1) is 26.4 Å². The molecule has 0 aromatic rings. The number of aliphatic hydroxyl groups excluding tert-OH is 1. The van der Waals surface area contributed by atoms with Crippen molar-refractivity contribution < 1.29 is 80.2 Å². The van der Waals surface area contributed by atoms with Crippen LogP contribution in [0.1, 0.15) is 362 Å². The maximum Gasteiger partial charge on any atom is 0.472 e. The Morgan fingerprint density at radius 3 is 0.882 bits per heavy atom. The second-order valence-corrected chi connectivity index (χ2v) is 29.4. The van der Waals surface area contributed by atoms with Crippen molar-refractivity contribution in [3.8, 4) is 0 Å².